The lowest BCUT2D eigenvalue weighted by molar-refractivity contribution is -0.698. The maximum absolute atomic E-state index is 11.2. The molecule has 2 aromatic rings. The Morgan fingerprint density at radius 1 is 1.21 bits per heavy atom. The number of hydrogen-bond acceptors (Lipinski definition) is 5. The number of nitrogens with zero attached hydrogens (tertiary/aromatic N) is 1. The Kier molecular flexibility index (Phi) is 6.08. The molecular formula is C17H19NO5S. The Balaban J connectivity index is 2.37. The zero-order chi connectivity index (χ0) is 17.6. The van der Waals surface area contributed by atoms with Crippen LogP contribution in [0.25, 0.3) is 11.6 Å². The second kappa shape index (κ2) is 8.05. The minimum Gasteiger partial charge on any atom is -0.748 e. The third-order valence-corrected chi connectivity index (χ3v) is 4.07. The normalized spacial score (nSPS) is 12.2. The Morgan fingerprint density at radius 2 is 1.83 bits per heavy atom. The molecule has 7 heteroatoms. The van der Waals surface area contributed by atoms with Crippen molar-refractivity contribution < 1.29 is 27.4 Å². The largest absolute Gasteiger partial charge is 0.748 e. The first kappa shape index (κ1) is 18.1. The molecule has 0 atom stereocenters. The van der Waals surface area contributed by atoms with Crippen LogP contribution in [0.4, 0.5) is 0 Å². The van der Waals surface area contributed by atoms with Crippen LogP contribution in [-0.4, -0.2) is 37.5 Å². The summed E-state index contributed by atoms with van der Waals surface area (Å²) in [4.78, 5) is 0. The van der Waals surface area contributed by atoms with E-state index in [2.05, 4.69) is 0 Å². The van der Waals surface area contributed by atoms with Gasteiger partial charge in [0.1, 0.15) is 12.4 Å². The van der Waals surface area contributed by atoms with Gasteiger partial charge >= 0.3 is 0 Å². The molecule has 128 valence electrons. The molecule has 0 spiro atoms. The van der Waals surface area contributed by atoms with E-state index in [9.17, 15) is 13.0 Å². The van der Waals surface area contributed by atoms with Crippen LogP contribution in [0.1, 0.15) is 11.1 Å². The van der Waals surface area contributed by atoms with Crippen LogP contribution in [0.15, 0.2) is 48.8 Å². The van der Waals surface area contributed by atoms with Crippen LogP contribution in [-0.2, 0) is 16.7 Å². The summed E-state index contributed by atoms with van der Waals surface area (Å²) < 4.78 is 40.5. The Bertz CT molecular complexity index is 796. The maximum atomic E-state index is 11.2. The van der Waals surface area contributed by atoms with Crippen molar-refractivity contribution in [3.8, 4) is 5.75 Å². The van der Waals surface area contributed by atoms with Gasteiger partial charge in [-0.3, -0.25) is 0 Å². The van der Waals surface area contributed by atoms with Crippen molar-refractivity contribution in [1.29, 1.82) is 0 Å². The van der Waals surface area contributed by atoms with E-state index in [1.165, 1.54) is 0 Å². The predicted octanol–water partition coefficient (Wildman–Crippen LogP) is 1.06. The van der Waals surface area contributed by atoms with Crippen LogP contribution in [0, 0.1) is 0 Å². The van der Waals surface area contributed by atoms with E-state index in [1.54, 1.807) is 66.5 Å². The van der Waals surface area contributed by atoms with Crippen LogP contribution in [0.2, 0.25) is 0 Å². The number of benzene rings is 1. The highest BCUT2D eigenvalue weighted by Gasteiger charge is 2.09. The molecule has 0 saturated carbocycles. The van der Waals surface area contributed by atoms with E-state index in [1.807, 2.05) is 0 Å². The minimum atomic E-state index is -4.41. The van der Waals surface area contributed by atoms with Gasteiger partial charge < -0.3 is 14.4 Å². The van der Waals surface area contributed by atoms with Gasteiger partial charge in [0.2, 0.25) is 0 Å². The number of hydrogen-bond donors (Lipinski definition) is 1. The zero-order valence-corrected chi connectivity index (χ0v) is 14.1. The number of aromatic nitrogens is 1. The van der Waals surface area contributed by atoms with Gasteiger partial charge in [0, 0.05) is 12.1 Å². The molecule has 1 N–H and O–H groups in total. The van der Waals surface area contributed by atoms with Crippen molar-refractivity contribution in [1.82, 2.24) is 0 Å². The third kappa shape index (κ3) is 5.45. The van der Waals surface area contributed by atoms with Crippen LogP contribution >= 0.6 is 0 Å². The van der Waals surface area contributed by atoms with E-state index < -0.39 is 15.9 Å². The number of pyridine rings is 1. The number of aliphatic hydroxyl groups is 1. The van der Waals surface area contributed by atoms with Gasteiger partial charge in [0.25, 0.3) is 0 Å². The van der Waals surface area contributed by atoms with E-state index in [0.717, 1.165) is 5.56 Å². The lowest BCUT2D eigenvalue weighted by Crippen LogP contribution is -2.34. The molecule has 0 radical (unpaired) electrons. The molecule has 0 aliphatic carbocycles. The van der Waals surface area contributed by atoms with Crippen molar-refractivity contribution in [2.24, 2.45) is 0 Å². The van der Waals surface area contributed by atoms with E-state index in [0.29, 0.717) is 23.4 Å². The Hall–Kier alpha value is -2.22. The molecule has 2 rings (SSSR count). The number of rotatable bonds is 7. The number of aliphatic hydroxyl groups excluding tert-OH is 1. The SMILES string of the molecule is COc1ccc(/C=C(/CS(=O)(=O)[O-])c2cc[n+](CCO)cc2)cc1. The minimum absolute atomic E-state index is 0.00744. The maximum Gasteiger partial charge on any atom is 0.171 e. The van der Waals surface area contributed by atoms with Crippen LogP contribution in [0.3, 0.4) is 0 Å². The highest BCUT2D eigenvalue weighted by atomic mass is 32.2. The molecule has 0 unspecified atom stereocenters. The van der Waals surface area contributed by atoms with Crippen molar-refractivity contribution >= 4 is 21.8 Å². The number of methoxy groups -OCH3 is 1. The first-order chi connectivity index (χ1) is 11.4. The molecule has 0 saturated heterocycles. The highest BCUT2D eigenvalue weighted by Crippen LogP contribution is 2.21. The summed E-state index contributed by atoms with van der Waals surface area (Å²) >= 11 is 0. The van der Waals surface area contributed by atoms with Gasteiger partial charge in [-0.1, -0.05) is 18.2 Å². The summed E-state index contributed by atoms with van der Waals surface area (Å²) in [5.74, 6) is 0.0955. The molecule has 6 nitrogen and oxygen atoms in total. The summed E-state index contributed by atoms with van der Waals surface area (Å²) in [5, 5.41) is 8.93. The highest BCUT2D eigenvalue weighted by molar-refractivity contribution is 7.86. The average molecular weight is 349 g/mol. The molecule has 0 aliphatic rings. The Labute approximate surface area is 141 Å². The fourth-order valence-corrected chi connectivity index (χ4v) is 2.87. The van der Waals surface area contributed by atoms with E-state index >= 15 is 0 Å². The number of ether oxygens (including phenoxy) is 1. The van der Waals surface area contributed by atoms with Crippen LogP contribution < -0.4 is 9.30 Å². The zero-order valence-electron chi connectivity index (χ0n) is 13.3. The lowest BCUT2D eigenvalue weighted by Gasteiger charge is -2.11. The molecule has 24 heavy (non-hydrogen) atoms. The molecule has 0 amide bonds. The van der Waals surface area contributed by atoms with Gasteiger partial charge in [-0.2, -0.15) is 0 Å². The molecule has 0 fully saturated rings. The van der Waals surface area contributed by atoms with E-state index in [-0.39, 0.29) is 6.61 Å². The summed E-state index contributed by atoms with van der Waals surface area (Å²) in [6.45, 7) is 0.450. The van der Waals surface area contributed by atoms with Crippen molar-refractivity contribution in [3.63, 3.8) is 0 Å². The quantitative estimate of drug-likeness (QED) is 0.596. The smallest absolute Gasteiger partial charge is 0.171 e. The molecule has 1 heterocycles. The molecule has 1 aromatic carbocycles. The van der Waals surface area contributed by atoms with Crippen molar-refractivity contribution in [2.75, 3.05) is 19.5 Å². The summed E-state index contributed by atoms with van der Waals surface area (Å²) in [6.07, 6.45) is 5.12. The lowest BCUT2D eigenvalue weighted by atomic mass is 10.1. The molecule has 1 aromatic heterocycles. The second-order valence-corrected chi connectivity index (χ2v) is 6.60. The van der Waals surface area contributed by atoms with Gasteiger partial charge in [0.15, 0.2) is 18.9 Å². The predicted molar refractivity (Wildman–Crippen MR) is 89.2 cm³/mol. The molecular weight excluding hydrogens is 330 g/mol. The monoisotopic (exact) mass is 349 g/mol. The second-order valence-electron chi connectivity index (χ2n) is 5.19. The fourth-order valence-electron chi connectivity index (χ4n) is 2.24. The van der Waals surface area contributed by atoms with Crippen molar-refractivity contribution in [3.05, 3.63) is 59.9 Å². The standard InChI is InChI=1S/C17H19NO5S/c1-23-17-4-2-14(3-5-17)12-16(13-24(20,21)22)15-6-8-18(9-7-15)10-11-19/h2-9,12,19H,10-11,13H2,1H3/b16-12-. The van der Waals surface area contributed by atoms with E-state index in [4.69, 9.17) is 9.84 Å². The van der Waals surface area contributed by atoms with Gasteiger partial charge in [0.05, 0.1) is 23.0 Å². The fraction of sp³-hybridized carbons (Fsp3) is 0.235. The van der Waals surface area contributed by atoms with Crippen LogP contribution in [0.5, 0.6) is 5.75 Å². The summed E-state index contributed by atoms with van der Waals surface area (Å²) in [6, 6.07) is 10.5. The van der Waals surface area contributed by atoms with Gasteiger partial charge in [-0.25, -0.2) is 13.0 Å². The average Bonchev–Trinajstić information content (AvgIpc) is 2.55. The topological polar surface area (TPSA) is 90.5 Å². The summed E-state index contributed by atoms with van der Waals surface area (Å²) in [7, 11) is -2.85. The van der Waals surface area contributed by atoms with Gasteiger partial charge in [-0.15, -0.1) is 0 Å². The summed E-state index contributed by atoms with van der Waals surface area (Å²) in [5.41, 5.74) is 1.81. The van der Waals surface area contributed by atoms with Crippen molar-refractivity contribution in [2.45, 2.75) is 6.54 Å². The van der Waals surface area contributed by atoms with Gasteiger partial charge in [-0.05, 0) is 28.8 Å². The first-order valence-electron chi connectivity index (χ1n) is 7.30. The Morgan fingerprint density at radius 3 is 2.33 bits per heavy atom. The molecule has 0 aliphatic heterocycles. The molecule has 0 bridgehead atoms. The first-order valence-corrected chi connectivity index (χ1v) is 8.87. The third-order valence-electron chi connectivity index (χ3n) is 3.41.